The van der Waals surface area contributed by atoms with Crippen molar-refractivity contribution in [2.45, 2.75) is 19.1 Å². The van der Waals surface area contributed by atoms with Gasteiger partial charge in [0.15, 0.2) is 0 Å². The first kappa shape index (κ1) is 15.6. The zero-order chi connectivity index (χ0) is 15.5. The van der Waals surface area contributed by atoms with Crippen LogP contribution in [0.25, 0.3) is 0 Å². The fourth-order valence-electron chi connectivity index (χ4n) is 1.66. The molecule has 112 valence electrons. The fourth-order valence-corrected chi connectivity index (χ4v) is 2.01. The molecule has 1 heterocycles. The van der Waals surface area contributed by atoms with Crippen molar-refractivity contribution >= 4 is 27.5 Å². The molecule has 0 atom stereocenters. The predicted molar refractivity (Wildman–Crippen MR) is 74.6 cm³/mol. The van der Waals surface area contributed by atoms with Crippen LogP contribution in [0.2, 0.25) is 0 Å². The lowest BCUT2D eigenvalue weighted by molar-refractivity contribution is -0.137. The molecular formula is C13H11BrF3N3O. The Labute approximate surface area is 127 Å². The number of aromatic nitrogens is 2. The molecule has 0 bridgehead atoms. The van der Waals surface area contributed by atoms with Gasteiger partial charge in [0.25, 0.3) is 0 Å². The van der Waals surface area contributed by atoms with Crippen molar-refractivity contribution in [3.05, 3.63) is 47.0 Å². The molecule has 2 aromatic rings. The van der Waals surface area contributed by atoms with E-state index < -0.39 is 11.7 Å². The van der Waals surface area contributed by atoms with E-state index in [1.165, 1.54) is 6.07 Å². The zero-order valence-electron chi connectivity index (χ0n) is 10.7. The minimum Gasteiger partial charge on any atom is -0.337 e. The Bertz CT molecular complexity index is 626. The number of hydrogen-bond acceptors (Lipinski definition) is 2. The van der Waals surface area contributed by atoms with Gasteiger partial charge in [0.2, 0.25) is 5.91 Å². The van der Waals surface area contributed by atoms with Crippen molar-refractivity contribution in [2.24, 2.45) is 0 Å². The summed E-state index contributed by atoms with van der Waals surface area (Å²) in [6.45, 7) is 0.405. The summed E-state index contributed by atoms with van der Waals surface area (Å²) >= 11 is 3.12. The molecule has 1 amide bonds. The number of carbonyl (C=O) groups excluding carboxylic acids is 1. The lowest BCUT2D eigenvalue weighted by Crippen LogP contribution is -2.15. The van der Waals surface area contributed by atoms with E-state index in [1.807, 2.05) is 0 Å². The number of nitrogens with zero attached hydrogens (tertiary/aromatic N) is 2. The third-order valence-corrected chi connectivity index (χ3v) is 3.42. The first-order valence-electron chi connectivity index (χ1n) is 5.98. The van der Waals surface area contributed by atoms with Crippen LogP contribution >= 0.6 is 15.9 Å². The minimum absolute atomic E-state index is 0.0976. The highest BCUT2D eigenvalue weighted by atomic mass is 79.9. The van der Waals surface area contributed by atoms with Gasteiger partial charge in [-0.3, -0.25) is 4.79 Å². The van der Waals surface area contributed by atoms with E-state index >= 15 is 0 Å². The van der Waals surface area contributed by atoms with Gasteiger partial charge in [0.1, 0.15) is 0 Å². The van der Waals surface area contributed by atoms with E-state index in [2.05, 4.69) is 26.2 Å². The maximum absolute atomic E-state index is 12.6. The van der Waals surface area contributed by atoms with Crippen LogP contribution in [0.5, 0.6) is 0 Å². The van der Waals surface area contributed by atoms with Crippen LogP contribution < -0.4 is 5.32 Å². The van der Waals surface area contributed by atoms with Crippen molar-refractivity contribution in [1.29, 1.82) is 0 Å². The number of rotatable bonds is 4. The summed E-state index contributed by atoms with van der Waals surface area (Å²) in [5, 5.41) is 2.47. The van der Waals surface area contributed by atoms with E-state index in [4.69, 9.17) is 0 Å². The number of hydrogen-bond donors (Lipinski definition) is 1. The van der Waals surface area contributed by atoms with Crippen LogP contribution in [0.4, 0.5) is 18.9 Å². The second-order valence-electron chi connectivity index (χ2n) is 4.29. The first-order valence-corrected chi connectivity index (χ1v) is 6.78. The number of carbonyl (C=O) groups is 1. The van der Waals surface area contributed by atoms with Gasteiger partial charge in [-0.1, -0.05) is 0 Å². The van der Waals surface area contributed by atoms with Gasteiger partial charge in [-0.05, 0) is 34.1 Å². The minimum atomic E-state index is -4.45. The smallest absolute Gasteiger partial charge is 0.337 e. The third kappa shape index (κ3) is 4.32. The number of alkyl halides is 3. The molecule has 21 heavy (non-hydrogen) atoms. The van der Waals surface area contributed by atoms with Crippen LogP contribution in [0, 0.1) is 0 Å². The number of imidazole rings is 1. The van der Waals surface area contributed by atoms with Crippen LogP contribution in [-0.4, -0.2) is 15.5 Å². The summed E-state index contributed by atoms with van der Waals surface area (Å²) in [6, 6.07) is 3.11. The molecule has 0 saturated heterocycles. The third-order valence-electron chi connectivity index (χ3n) is 2.72. The summed E-state index contributed by atoms with van der Waals surface area (Å²) in [4.78, 5) is 15.6. The topological polar surface area (TPSA) is 46.9 Å². The van der Waals surface area contributed by atoms with Gasteiger partial charge in [-0.15, -0.1) is 0 Å². The number of halogens is 4. The summed E-state index contributed by atoms with van der Waals surface area (Å²) in [5.74, 6) is -0.372. The van der Waals surface area contributed by atoms with Gasteiger partial charge < -0.3 is 9.88 Å². The fraction of sp³-hybridized carbons (Fsp3) is 0.231. The Morgan fingerprint density at radius 3 is 2.76 bits per heavy atom. The highest BCUT2D eigenvalue weighted by Gasteiger charge is 2.31. The van der Waals surface area contributed by atoms with E-state index in [1.54, 1.807) is 23.3 Å². The van der Waals surface area contributed by atoms with Crippen molar-refractivity contribution in [1.82, 2.24) is 9.55 Å². The van der Waals surface area contributed by atoms with Crippen LogP contribution in [0.1, 0.15) is 12.0 Å². The van der Waals surface area contributed by atoms with Gasteiger partial charge in [-0.2, -0.15) is 13.2 Å². The van der Waals surface area contributed by atoms with Crippen LogP contribution in [-0.2, 0) is 17.5 Å². The summed E-state index contributed by atoms with van der Waals surface area (Å²) in [7, 11) is 0. The zero-order valence-corrected chi connectivity index (χ0v) is 12.3. The molecular weight excluding hydrogens is 351 g/mol. The normalized spacial score (nSPS) is 11.4. The molecule has 0 unspecified atom stereocenters. The molecule has 0 radical (unpaired) electrons. The Kier molecular flexibility index (Phi) is 4.66. The lowest BCUT2D eigenvalue weighted by atomic mass is 10.2. The summed E-state index contributed by atoms with van der Waals surface area (Å²) in [6.07, 6.45) is 0.540. The summed E-state index contributed by atoms with van der Waals surface area (Å²) in [5.41, 5.74) is -0.712. The maximum atomic E-state index is 12.6. The molecule has 0 aliphatic rings. The number of benzene rings is 1. The number of anilines is 1. The number of amides is 1. The van der Waals surface area contributed by atoms with E-state index in [9.17, 15) is 18.0 Å². The molecule has 0 aliphatic heterocycles. The molecule has 1 N–H and O–H groups in total. The molecule has 1 aromatic heterocycles. The second-order valence-corrected chi connectivity index (χ2v) is 5.15. The van der Waals surface area contributed by atoms with Crippen LogP contribution in [0.15, 0.2) is 41.4 Å². The monoisotopic (exact) mass is 361 g/mol. The SMILES string of the molecule is O=C(CCn1ccnc1)Nc1cc(C(F)(F)F)ccc1Br. The Balaban J connectivity index is 2.03. The van der Waals surface area contributed by atoms with Gasteiger partial charge in [0, 0.05) is 29.8 Å². The quantitative estimate of drug-likeness (QED) is 0.902. The Morgan fingerprint density at radius 1 is 1.38 bits per heavy atom. The van der Waals surface area contributed by atoms with Crippen molar-refractivity contribution < 1.29 is 18.0 Å². The second kappa shape index (κ2) is 6.30. The molecule has 0 aliphatic carbocycles. The molecule has 2 rings (SSSR count). The lowest BCUT2D eigenvalue weighted by Gasteiger charge is -2.12. The largest absolute Gasteiger partial charge is 0.416 e. The molecule has 0 fully saturated rings. The van der Waals surface area contributed by atoms with E-state index in [0.717, 1.165) is 12.1 Å². The Morgan fingerprint density at radius 2 is 2.14 bits per heavy atom. The molecule has 1 aromatic carbocycles. The Hall–Kier alpha value is -1.83. The van der Waals surface area contributed by atoms with Gasteiger partial charge in [0.05, 0.1) is 17.6 Å². The first-order chi connectivity index (χ1) is 9.86. The summed E-state index contributed by atoms with van der Waals surface area (Å²) < 4.78 is 40.0. The van der Waals surface area contributed by atoms with Crippen LogP contribution in [0.3, 0.4) is 0 Å². The molecule has 0 spiro atoms. The van der Waals surface area contributed by atoms with Gasteiger partial charge >= 0.3 is 6.18 Å². The van der Waals surface area contributed by atoms with E-state index in [-0.39, 0.29) is 18.0 Å². The molecule has 4 nitrogen and oxygen atoms in total. The average molecular weight is 362 g/mol. The predicted octanol–water partition coefficient (Wildman–Crippen LogP) is 3.69. The number of aryl methyl sites for hydroxylation is 1. The van der Waals surface area contributed by atoms with Crippen molar-refractivity contribution in [3.63, 3.8) is 0 Å². The molecule has 8 heteroatoms. The number of nitrogens with one attached hydrogen (secondary N) is 1. The van der Waals surface area contributed by atoms with Crippen molar-refractivity contribution in [3.8, 4) is 0 Å². The van der Waals surface area contributed by atoms with Gasteiger partial charge in [-0.25, -0.2) is 4.98 Å². The average Bonchev–Trinajstić information content (AvgIpc) is 2.91. The standard InChI is InChI=1S/C13H11BrF3N3O/c14-10-2-1-9(13(15,16)17)7-11(10)19-12(21)3-5-20-6-4-18-8-20/h1-2,4,6-8H,3,5H2,(H,19,21). The highest BCUT2D eigenvalue weighted by molar-refractivity contribution is 9.10. The maximum Gasteiger partial charge on any atom is 0.416 e. The highest BCUT2D eigenvalue weighted by Crippen LogP contribution is 2.33. The molecule has 0 saturated carbocycles. The van der Waals surface area contributed by atoms with E-state index in [0.29, 0.717) is 11.0 Å². The van der Waals surface area contributed by atoms with Crippen molar-refractivity contribution in [2.75, 3.05) is 5.32 Å².